The molecular weight excluding hydrogens is 420 g/mol. The zero-order chi connectivity index (χ0) is 24.2. The van der Waals surface area contributed by atoms with Gasteiger partial charge in [0.2, 0.25) is 11.7 Å². The third kappa shape index (κ3) is 6.06. The van der Waals surface area contributed by atoms with Crippen LogP contribution in [0.2, 0.25) is 0 Å². The fourth-order valence-electron chi connectivity index (χ4n) is 3.57. The SMILES string of the molecule is CCCC(C(=O)NC(C)(C)C)N(C(=O)Cn1nnc(-c2ccc(C)o2)n1)c1ccccc1C. The second kappa shape index (κ2) is 9.97. The van der Waals surface area contributed by atoms with Crippen molar-refractivity contribution in [3.8, 4) is 11.6 Å². The average molecular weight is 453 g/mol. The minimum Gasteiger partial charge on any atom is -0.458 e. The van der Waals surface area contributed by atoms with Crippen LogP contribution >= 0.6 is 0 Å². The molecule has 0 saturated carbocycles. The molecule has 1 aromatic carbocycles. The van der Waals surface area contributed by atoms with Gasteiger partial charge >= 0.3 is 0 Å². The molecule has 0 saturated heterocycles. The molecule has 0 bridgehead atoms. The van der Waals surface area contributed by atoms with E-state index in [4.69, 9.17) is 4.42 Å². The lowest BCUT2D eigenvalue weighted by Crippen LogP contribution is -2.55. The molecule has 3 aromatic rings. The predicted molar refractivity (Wildman–Crippen MR) is 126 cm³/mol. The first kappa shape index (κ1) is 24.2. The molecule has 9 heteroatoms. The number of tetrazole rings is 1. The highest BCUT2D eigenvalue weighted by Crippen LogP contribution is 2.25. The summed E-state index contributed by atoms with van der Waals surface area (Å²) in [6.45, 7) is 11.3. The molecular formula is C24H32N6O3. The second-order valence-corrected chi connectivity index (χ2v) is 9.15. The minimum absolute atomic E-state index is 0.163. The highest BCUT2D eigenvalue weighted by atomic mass is 16.3. The van der Waals surface area contributed by atoms with E-state index in [1.165, 1.54) is 4.80 Å². The number of amides is 2. The quantitative estimate of drug-likeness (QED) is 0.559. The molecule has 2 aromatic heterocycles. The second-order valence-electron chi connectivity index (χ2n) is 9.15. The van der Waals surface area contributed by atoms with E-state index in [9.17, 15) is 9.59 Å². The van der Waals surface area contributed by atoms with Gasteiger partial charge in [-0.3, -0.25) is 14.5 Å². The molecule has 0 fully saturated rings. The Morgan fingerprint density at radius 1 is 1.15 bits per heavy atom. The van der Waals surface area contributed by atoms with Gasteiger partial charge in [0.1, 0.15) is 18.3 Å². The van der Waals surface area contributed by atoms with Gasteiger partial charge in [0.25, 0.3) is 5.91 Å². The number of nitrogens with one attached hydrogen (secondary N) is 1. The maximum absolute atomic E-state index is 13.6. The van der Waals surface area contributed by atoms with Gasteiger partial charge in [-0.25, -0.2) is 0 Å². The first-order valence-electron chi connectivity index (χ1n) is 11.1. The van der Waals surface area contributed by atoms with Gasteiger partial charge in [-0.1, -0.05) is 31.5 Å². The number of benzene rings is 1. The van der Waals surface area contributed by atoms with Gasteiger partial charge < -0.3 is 9.73 Å². The number of hydrogen-bond acceptors (Lipinski definition) is 6. The molecule has 0 radical (unpaired) electrons. The summed E-state index contributed by atoms with van der Waals surface area (Å²) in [6.07, 6.45) is 1.26. The molecule has 2 amide bonds. The molecule has 1 atom stereocenters. The van der Waals surface area contributed by atoms with E-state index in [0.29, 0.717) is 23.7 Å². The van der Waals surface area contributed by atoms with Gasteiger partial charge in [0.15, 0.2) is 5.76 Å². The van der Waals surface area contributed by atoms with E-state index < -0.39 is 11.6 Å². The lowest BCUT2D eigenvalue weighted by atomic mass is 10.0. The van der Waals surface area contributed by atoms with E-state index >= 15 is 0 Å². The first-order chi connectivity index (χ1) is 15.6. The Balaban J connectivity index is 1.93. The third-order valence-electron chi connectivity index (χ3n) is 5.01. The number of furan rings is 1. The highest BCUT2D eigenvalue weighted by molar-refractivity contribution is 6.01. The number of carbonyl (C=O) groups is 2. The number of anilines is 1. The summed E-state index contributed by atoms with van der Waals surface area (Å²) in [6, 6.07) is 10.4. The van der Waals surface area contributed by atoms with Gasteiger partial charge in [0, 0.05) is 11.2 Å². The molecule has 176 valence electrons. The normalized spacial score (nSPS) is 12.4. The zero-order valence-corrected chi connectivity index (χ0v) is 20.1. The maximum Gasteiger partial charge on any atom is 0.251 e. The fourth-order valence-corrected chi connectivity index (χ4v) is 3.57. The van der Waals surface area contributed by atoms with Crippen molar-refractivity contribution in [2.24, 2.45) is 0 Å². The van der Waals surface area contributed by atoms with E-state index in [0.717, 1.165) is 17.7 Å². The van der Waals surface area contributed by atoms with Crippen molar-refractivity contribution >= 4 is 17.5 Å². The Hall–Kier alpha value is -3.49. The molecule has 0 aliphatic heterocycles. The standard InChI is InChI=1S/C24H32N6O3/c1-7-10-19(23(32)25-24(4,5)6)30(18-12-9-8-11-16(18)2)21(31)15-29-27-22(26-28-29)20-14-13-17(3)33-20/h8-9,11-14,19H,7,10,15H2,1-6H3,(H,25,32). The van der Waals surface area contributed by atoms with Gasteiger partial charge in [-0.15, -0.1) is 10.2 Å². The largest absolute Gasteiger partial charge is 0.458 e. The first-order valence-corrected chi connectivity index (χ1v) is 11.1. The monoisotopic (exact) mass is 452 g/mol. The number of aryl methyl sites for hydroxylation is 2. The van der Waals surface area contributed by atoms with Crippen LogP contribution in [0.3, 0.4) is 0 Å². The summed E-state index contributed by atoms with van der Waals surface area (Å²) in [4.78, 5) is 29.6. The third-order valence-corrected chi connectivity index (χ3v) is 5.01. The van der Waals surface area contributed by atoms with Crippen molar-refractivity contribution < 1.29 is 14.0 Å². The van der Waals surface area contributed by atoms with Crippen LogP contribution in [0.1, 0.15) is 51.9 Å². The van der Waals surface area contributed by atoms with Crippen molar-refractivity contribution in [1.29, 1.82) is 0 Å². The van der Waals surface area contributed by atoms with Crippen LogP contribution in [0.5, 0.6) is 0 Å². The average Bonchev–Trinajstić information content (AvgIpc) is 3.36. The molecule has 0 aliphatic carbocycles. The molecule has 0 spiro atoms. The lowest BCUT2D eigenvalue weighted by Gasteiger charge is -2.34. The minimum atomic E-state index is -0.668. The van der Waals surface area contributed by atoms with Crippen LogP contribution in [0.25, 0.3) is 11.6 Å². The van der Waals surface area contributed by atoms with Crippen molar-refractivity contribution in [3.63, 3.8) is 0 Å². The Morgan fingerprint density at radius 3 is 2.48 bits per heavy atom. The summed E-state index contributed by atoms with van der Waals surface area (Å²) in [5.41, 5.74) is 1.16. The maximum atomic E-state index is 13.6. The summed E-state index contributed by atoms with van der Waals surface area (Å²) in [5.74, 6) is 1.02. The smallest absolute Gasteiger partial charge is 0.251 e. The van der Waals surface area contributed by atoms with Crippen molar-refractivity contribution in [2.45, 2.75) is 72.5 Å². The van der Waals surface area contributed by atoms with Gasteiger partial charge in [-0.2, -0.15) is 4.80 Å². The van der Waals surface area contributed by atoms with Crippen LogP contribution in [-0.4, -0.2) is 43.6 Å². The number of nitrogens with zero attached hydrogens (tertiary/aromatic N) is 5. The molecule has 1 unspecified atom stereocenters. The molecule has 3 rings (SSSR count). The van der Waals surface area contributed by atoms with E-state index in [1.807, 2.05) is 71.9 Å². The number of carbonyl (C=O) groups excluding carboxylic acids is 2. The molecule has 9 nitrogen and oxygen atoms in total. The zero-order valence-electron chi connectivity index (χ0n) is 20.1. The molecule has 2 heterocycles. The van der Waals surface area contributed by atoms with Crippen LogP contribution in [0, 0.1) is 13.8 Å². The Kier molecular flexibility index (Phi) is 7.30. The Labute approximate surface area is 194 Å². The summed E-state index contributed by atoms with van der Waals surface area (Å²) in [7, 11) is 0. The summed E-state index contributed by atoms with van der Waals surface area (Å²) in [5, 5.41) is 15.3. The topological polar surface area (TPSA) is 106 Å². The number of aromatic nitrogens is 4. The van der Waals surface area contributed by atoms with E-state index in [-0.39, 0.29) is 18.4 Å². The molecule has 1 N–H and O–H groups in total. The van der Waals surface area contributed by atoms with Crippen LogP contribution in [0.15, 0.2) is 40.8 Å². The van der Waals surface area contributed by atoms with E-state index in [2.05, 4.69) is 20.7 Å². The van der Waals surface area contributed by atoms with E-state index in [1.54, 1.807) is 11.0 Å². The molecule has 33 heavy (non-hydrogen) atoms. The van der Waals surface area contributed by atoms with Gasteiger partial charge in [0.05, 0.1) is 0 Å². The van der Waals surface area contributed by atoms with Crippen LogP contribution in [0.4, 0.5) is 5.69 Å². The van der Waals surface area contributed by atoms with Gasteiger partial charge in [-0.05, 0) is 70.0 Å². The van der Waals surface area contributed by atoms with Crippen LogP contribution in [-0.2, 0) is 16.1 Å². The number of para-hydroxylation sites is 1. The predicted octanol–water partition coefficient (Wildman–Crippen LogP) is 3.67. The molecule has 0 aliphatic rings. The number of rotatable bonds is 8. The summed E-state index contributed by atoms with van der Waals surface area (Å²) < 4.78 is 5.54. The van der Waals surface area contributed by atoms with Crippen molar-refractivity contribution in [1.82, 2.24) is 25.5 Å². The van der Waals surface area contributed by atoms with Crippen molar-refractivity contribution in [3.05, 3.63) is 47.7 Å². The highest BCUT2D eigenvalue weighted by Gasteiger charge is 2.33. The summed E-state index contributed by atoms with van der Waals surface area (Å²) >= 11 is 0. The van der Waals surface area contributed by atoms with Crippen molar-refractivity contribution in [2.75, 3.05) is 4.90 Å². The fraction of sp³-hybridized carbons (Fsp3) is 0.458. The van der Waals surface area contributed by atoms with Crippen LogP contribution < -0.4 is 10.2 Å². The lowest BCUT2D eigenvalue weighted by molar-refractivity contribution is -0.128. The Morgan fingerprint density at radius 2 is 1.88 bits per heavy atom. The number of hydrogen-bond donors (Lipinski definition) is 1. The Bertz CT molecular complexity index is 1110.